The van der Waals surface area contributed by atoms with Crippen LogP contribution in [0.2, 0.25) is 5.02 Å². The van der Waals surface area contributed by atoms with E-state index in [-0.39, 0.29) is 0 Å². The zero-order valence-corrected chi connectivity index (χ0v) is 12.8. The number of rotatable bonds is 3. The summed E-state index contributed by atoms with van der Waals surface area (Å²) in [6, 6.07) is 7.66. The molecule has 0 N–H and O–H groups in total. The molecule has 1 aromatic carbocycles. The van der Waals surface area contributed by atoms with Gasteiger partial charge in [-0.3, -0.25) is 0 Å². The van der Waals surface area contributed by atoms with Crippen LogP contribution in [0.15, 0.2) is 30.6 Å². The van der Waals surface area contributed by atoms with E-state index in [4.69, 9.17) is 16.3 Å². The molecular formula is C15H13ClN2OS. The number of halogens is 1. The Morgan fingerprint density at radius 1 is 1.20 bits per heavy atom. The van der Waals surface area contributed by atoms with Crippen LogP contribution in [0, 0.1) is 13.8 Å². The van der Waals surface area contributed by atoms with Crippen LogP contribution in [-0.4, -0.2) is 9.97 Å². The van der Waals surface area contributed by atoms with Crippen LogP contribution in [0.5, 0.6) is 5.88 Å². The summed E-state index contributed by atoms with van der Waals surface area (Å²) in [6.45, 7) is 4.56. The highest BCUT2D eigenvalue weighted by atomic mass is 35.5. The van der Waals surface area contributed by atoms with Crippen molar-refractivity contribution in [1.82, 2.24) is 9.97 Å². The molecule has 0 aliphatic carbocycles. The maximum absolute atomic E-state index is 6.13. The Hall–Kier alpha value is -1.65. The molecule has 2 aromatic heterocycles. The van der Waals surface area contributed by atoms with Gasteiger partial charge in [0.1, 0.15) is 17.8 Å². The quantitative estimate of drug-likeness (QED) is 0.712. The summed E-state index contributed by atoms with van der Waals surface area (Å²) in [4.78, 5) is 10.8. The first kappa shape index (κ1) is 13.3. The summed E-state index contributed by atoms with van der Waals surface area (Å²) >= 11 is 7.79. The average Bonchev–Trinajstić information content (AvgIpc) is 2.74. The molecule has 0 aliphatic heterocycles. The second-order valence-corrected chi connectivity index (χ2v) is 6.13. The molecule has 0 saturated heterocycles. The largest absolute Gasteiger partial charge is 0.472 e. The Kier molecular flexibility index (Phi) is 3.59. The summed E-state index contributed by atoms with van der Waals surface area (Å²) in [5, 5.41) is 1.71. The van der Waals surface area contributed by atoms with Crippen molar-refractivity contribution in [3.63, 3.8) is 0 Å². The van der Waals surface area contributed by atoms with Crippen LogP contribution in [0.25, 0.3) is 10.2 Å². The number of ether oxygens (including phenoxy) is 1. The van der Waals surface area contributed by atoms with Gasteiger partial charge in [0.15, 0.2) is 0 Å². The average molecular weight is 305 g/mol. The van der Waals surface area contributed by atoms with Crippen molar-refractivity contribution in [3.8, 4) is 5.88 Å². The van der Waals surface area contributed by atoms with Crippen molar-refractivity contribution in [3.05, 3.63) is 51.6 Å². The van der Waals surface area contributed by atoms with E-state index < -0.39 is 0 Å². The monoisotopic (exact) mass is 304 g/mol. The molecule has 0 spiro atoms. The van der Waals surface area contributed by atoms with E-state index in [1.54, 1.807) is 17.7 Å². The zero-order chi connectivity index (χ0) is 14.1. The first-order valence-corrected chi connectivity index (χ1v) is 7.43. The Bertz CT molecular complexity index is 770. The van der Waals surface area contributed by atoms with Crippen LogP contribution in [-0.2, 0) is 6.61 Å². The molecule has 0 fully saturated rings. The number of thiophene rings is 1. The maximum atomic E-state index is 6.13. The first-order chi connectivity index (χ1) is 9.66. The third kappa shape index (κ3) is 2.37. The third-order valence-corrected chi connectivity index (χ3v) is 4.74. The van der Waals surface area contributed by atoms with Crippen molar-refractivity contribution >= 4 is 33.2 Å². The van der Waals surface area contributed by atoms with Gasteiger partial charge in [-0.1, -0.05) is 29.8 Å². The van der Waals surface area contributed by atoms with Gasteiger partial charge in [-0.05, 0) is 25.5 Å². The summed E-state index contributed by atoms with van der Waals surface area (Å²) in [5.74, 6) is 0.622. The number of hydrogen-bond acceptors (Lipinski definition) is 4. The van der Waals surface area contributed by atoms with Crippen molar-refractivity contribution in [1.29, 1.82) is 0 Å². The second-order valence-electron chi connectivity index (χ2n) is 4.52. The molecule has 3 aromatic rings. The number of fused-ring (bicyclic) bond motifs is 1. The predicted octanol–water partition coefficient (Wildman–Crippen LogP) is 4.54. The van der Waals surface area contributed by atoms with E-state index in [0.717, 1.165) is 15.8 Å². The molecule has 2 heterocycles. The minimum atomic E-state index is 0.403. The van der Waals surface area contributed by atoms with E-state index in [0.29, 0.717) is 17.5 Å². The van der Waals surface area contributed by atoms with E-state index >= 15 is 0 Å². The molecular weight excluding hydrogens is 292 g/mol. The van der Waals surface area contributed by atoms with Crippen LogP contribution in [0.4, 0.5) is 0 Å². The highest BCUT2D eigenvalue weighted by Crippen LogP contribution is 2.34. The van der Waals surface area contributed by atoms with Gasteiger partial charge in [-0.15, -0.1) is 11.3 Å². The van der Waals surface area contributed by atoms with Gasteiger partial charge < -0.3 is 4.74 Å². The third-order valence-electron chi connectivity index (χ3n) is 3.25. The summed E-state index contributed by atoms with van der Waals surface area (Å²) in [6.07, 6.45) is 1.54. The Morgan fingerprint density at radius 3 is 2.80 bits per heavy atom. The van der Waals surface area contributed by atoms with Crippen LogP contribution >= 0.6 is 22.9 Å². The number of aromatic nitrogens is 2. The van der Waals surface area contributed by atoms with Gasteiger partial charge in [-0.2, -0.15) is 0 Å². The van der Waals surface area contributed by atoms with Gasteiger partial charge in [0, 0.05) is 15.5 Å². The lowest BCUT2D eigenvalue weighted by Gasteiger charge is -2.08. The Labute approximate surface area is 126 Å². The van der Waals surface area contributed by atoms with Gasteiger partial charge in [-0.25, -0.2) is 9.97 Å². The highest BCUT2D eigenvalue weighted by Gasteiger charge is 2.13. The van der Waals surface area contributed by atoms with E-state index in [2.05, 4.69) is 23.8 Å². The van der Waals surface area contributed by atoms with Gasteiger partial charge >= 0.3 is 0 Å². The predicted molar refractivity (Wildman–Crippen MR) is 82.7 cm³/mol. The molecule has 0 bridgehead atoms. The minimum Gasteiger partial charge on any atom is -0.472 e. The van der Waals surface area contributed by atoms with E-state index in [9.17, 15) is 0 Å². The Balaban J connectivity index is 1.94. The zero-order valence-electron chi connectivity index (χ0n) is 11.2. The fraction of sp³-hybridized carbons (Fsp3) is 0.200. The van der Waals surface area contributed by atoms with Crippen molar-refractivity contribution < 1.29 is 4.74 Å². The molecule has 0 unspecified atom stereocenters. The number of hydrogen-bond donors (Lipinski definition) is 0. The normalized spacial score (nSPS) is 10.9. The van der Waals surface area contributed by atoms with Gasteiger partial charge in [0.05, 0.1) is 5.39 Å². The summed E-state index contributed by atoms with van der Waals surface area (Å²) in [5.41, 5.74) is 2.13. The molecule has 5 heteroatoms. The Morgan fingerprint density at radius 2 is 2.00 bits per heavy atom. The fourth-order valence-electron chi connectivity index (χ4n) is 2.02. The minimum absolute atomic E-state index is 0.403. The lowest BCUT2D eigenvalue weighted by atomic mass is 10.2. The van der Waals surface area contributed by atoms with Crippen LogP contribution < -0.4 is 4.74 Å². The maximum Gasteiger partial charge on any atom is 0.225 e. The molecule has 3 nitrogen and oxygen atoms in total. The van der Waals surface area contributed by atoms with Crippen LogP contribution in [0.1, 0.15) is 16.0 Å². The van der Waals surface area contributed by atoms with E-state index in [1.165, 1.54) is 10.4 Å². The molecule has 20 heavy (non-hydrogen) atoms. The fourth-order valence-corrected chi connectivity index (χ4v) is 3.20. The highest BCUT2D eigenvalue weighted by molar-refractivity contribution is 7.18. The first-order valence-electron chi connectivity index (χ1n) is 6.23. The van der Waals surface area contributed by atoms with E-state index in [1.807, 2.05) is 24.3 Å². The molecule has 102 valence electrons. The summed E-state index contributed by atoms with van der Waals surface area (Å²) in [7, 11) is 0. The smallest absolute Gasteiger partial charge is 0.225 e. The van der Waals surface area contributed by atoms with Crippen molar-refractivity contribution in [2.45, 2.75) is 20.5 Å². The lowest BCUT2D eigenvalue weighted by molar-refractivity contribution is 0.297. The van der Waals surface area contributed by atoms with Crippen molar-refractivity contribution in [2.75, 3.05) is 0 Å². The van der Waals surface area contributed by atoms with Crippen molar-refractivity contribution in [2.24, 2.45) is 0 Å². The summed E-state index contributed by atoms with van der Waals surface area (Å²) < 4.78 is 5.85. The molecule has 0 amide bonds. The molecule has 0 atom stereocenters. The molecule has 3 rings (SSSR count). The lowest BCUT2D eigenvalue weighted by Crippen LogP contribution is -1.99. The second kappa shape index (κ2) is 5.38. The van der Waals surface area contributed by atoms with Crippen LogP contribution in [0.3, 0.4) is 0 Å². The number of benzene rings is 1. The standard InChI is InChI=1S/C15H13ClN2OS/c1-9-10(2)20-15-13(9)14(17-8-18-15)19-7-11-5-3-4-6-12(11)16/h3-6,8H,7H2,1-2H3. The number of nitrogens with zero attached hydrogens (tertiary/aromatic N) is 2. The molecule has 0 radical (unpaired) electrons. The van der Waals surface area contributed by atoms with Gasteiger partial charge in [0.25, 0.3) is 0 Å². The van der Waals surface area contributed by atoms with Gasteiger partial charge in [0.2, 0.25) is 5.88 Å². The molecule has 0 aliphatic rings. The number of aryl methyl sites for hydroxylation is 2. The topological polar surface area (TPSA) is 35.0 Å². The SMILES string of the molecule is Cc1sc2ncnc(OCc3ccccc3Cl)c2c1C. The molecule has 0 saturated carbocycles.